The molecule has 44 nitrogen and oxygen atoms in total. The first-order valence-electron chi connectivity index (χ1n) is 31.0. The fourth-order valence-electron chi connectivity index (χ4n) is 11.2. The molecular weight excluding hydrogens is 1520 g/mol. The number of aliphatic hydroxyl groups is 2. The van der Waals surface area contributed by atoms with E-state index in [2.05, 4.69) is 0 Å². The van der Waals surface area contributed by atoms with Gasteiger partial charge in [-0.1, -0.05) is 0 Å². The van der Waals surface area contributed by atoms with Gasteiger partial charge in [0.05, 0.1) is 38.9 Å². The number of ether oxygens (including phenoxy) is 11. The highest BCUT2D eigenvalue weighted by atomic mass is 16.8. The lowest BCUT2D eigenvalue weighted by Crippen LogP contribution is -2.63. The van der Waals surface area contributed by atoms with E-state index >= 15 is 4.79 Å². The highest BCUT2D eigenvalue weighted by molar-refractivity contribution is 6.09. The number of phenolic OH excluding ortho intramolecular Hbond substituents is 23. The molecule has 44 heteroatoms. The monoisotopic (exact) mass is 1570 g/mol. The predicted molar refractivity (Wildman–Crippen MR) is 346 cm³/mol. The maximum Gasteiger partial charge on any atom is 0.342 e. The van der Waals surface area contributed by atoms with Gasteiger partial charge in [-0.2, -0.15) is 0 Å². The summed E-state index contributed by atoms with van der Waals surface area (Å²) in [6.07, 6.45) is -26.1. The van der Waals surface area contributed by atoms with Crippen LogP contribution < -0.4 is 4.74 Å². The summed E-state index contributed by atoms with van der Waals surface area (Å²) in [4.78, 5) is 115. The molecule has 0 saturated carbocycles. The van der Waals surface area contributed by atoms with Crippen LogP contribution in [0.3, 0.4) is 0 Å². The van der Waals surface area contributed by atoms with Crippen LogP contribution >= 0.6 is 0 Å². The topological polar surface area (TPSA) is 744 Å². The summed E-state index contributed by atoms with van der Waals surface area (Å²) in [7, 11) is 0. The summed E-state index contributed by atoms with van der Waals surface area (Å²) < 4.78 is 61.1. The Balaban J connectivity index is 1.05. The number of cyclic esters (lactones) is 1. The lowest BCUT2D eigenvalue weighted by Gasteiger charge is -2.44. The fourth-order valence-corrected chi connectivity index (χ4v) is 11.2. The van der Waals surface area contributed by atoms with Crippen molar-refractivity contribution in [3.8, 4) is 155 Å². The minimum Gasteiger partial charge on any atom is -0.504 e. The molecular formula is C68H52O44. The molecule has 112 heavy (non-hydrogen) atoms. The maximum absolute atomic E-state index is 15.4. The third-order valence-electron chi connectivity index (χ3n) is 16.8. The SMILES string of the molecule is O=C(OC[C@H]1O[C@@H](OC(=O)c2cc(O)c(O)c(O)c2)[C@H](OC(=O)c2cc(O)c(O)c(O)c2Oc2cc3c(c(O)c2O)-c2c(cc(O)c(O)c2O)C(=O)O[C@H]2[C@H](O)[C@@H](OC(=O)c4cc(O)c(O)c(O)c4)O[C@H](COC3=O)[C@H]2O)[C@@H](OC(=O)c2cc(O)c(O)c(O)c2)[C@H]1OC(=O)c1cc(O)c(O)c(O)c1)c1cc(O)c(O)c(O)c1. The van der Waals surface area contributed by atoms with Crippen molar-refractivity contribution in [3.05, 3.63) is 123 Å². The molecule has 11 rings (SSSR count). The summed E-state index contributed by atoms with van der Waals surface area (Å²) in [5.74, 6) is -49.8. The van der Waals surface area contributed by atoms with Crippen molar-refractivity contribution >= 4 is 47.8 Å². The Hall–Kier alpha value is -15.4. The van der Waals surface area contributed by atoms with E-state index in [1.165, 1.54) is 0 Å². The molecule has 3 heterocycles. The molecule has 588 valence electrons. The second-order valence-corrected chi connectivity index (χ2v) is 24.0. The van der Waals surface area contributed by atoms with E-state index in [4.69, 9.17) is 52.1 Å². The maximum atomic E-state index is 15.4. The molecule has 0 aliphatic carbocycles. The zero-order valence-electron chi connectivity index (χ0n) is 55.1. The number of benzene rings is 8. The van der Waals surface area contributed by atoms with Crippen LogP contribution in [-0.4, -0.2) is 250 Å². The molecule has 0 amide bonds. The van der Waals surface area contributed by atoms with Crippen LogP contribution in [0, 0.1) is 0 Å². The highest BCUT2D eigenvalue weighted by Gasteiger charge is 2.56. The van der Waals surface area contributed by atoms with Crippen molar-refractivity contribution < 1.29 is 218 Å². The number of rotatable bonds is 15. The molecule has 25 N–H and O–H groups in total. The fraction of sp³-hybridized carbons (Fsp3) is 0.176. The molecule has 3 aliphatic rings. The number of carbonyl (C=O) groups is 8. The Morgan fingerprint density at radius 3 is 1.17 bits per heavy atom. The van der Waals surface area contributed by atoms with Gasteiger partial charge >= 0.3 is 47.8 Å². The number of phenols is 23. The first-order valence-corrected chi connectivity index (χ1v) is 31.0. The van der Waals surface area contributed by atoms with E-state index in [9.17, 15) is 161 Å². The van der Waals surface area contributed by atoms with Gasteiger partial charge in [0.1, 0.15) is 37.1 Å². The van der Waals surface area contributed by atoms with Crippen molar-refractivity contribution in [3.63, 3.8) is 0 Å². The van der Waals surface area contributed by atoms with Gasteiger partial charge in [-0.25, -0.2) is 38.4 Å². The molecule has 10 atom stereocenters. The van der Waals surface area contributed by atoms with Gasteiger partial charge in [0, 0.05) is 23.3 Å². The normalized spacial score (nSPS) is 19.9. The Morgan fingerprint density at radius 2 is 0.714 bits per heavy atom. The quantitative estimate of drug-likeness (QED) is 0.0395. The Kier molecular flexibility index (Phi) is 20.6. The van der Waals surface area contributed by atoms with Gasteiger partial charge in [-0.3, -0.25) is 0 Å². The van der Waals surface area contributed by atoms with E-state index in [0.717, 1.165) is 0 Å². The number of carbonyl (C=O) groups excluding carboxylic acids is 8. The third kappa shape index (κ3) is 14.5. The average Bonchev–Trinajstić information content (AvgIpc) is 0.741. The Labute approximate surface area is 617 Å². The summed E-state index contributed by atoms with van der Waals surface area (Å²) in [5, 5.41) is 268. The molecule has 0 radical (unpaired) electrons. The average molecular weight is 1570 g/mol. The second-order valence-electron chi connectivity index (χ2n) is 24.0. The van der Waals surface area contributed by atoms with E-state index in [0.29, 0.717) is 60.7 Å². The molecule has 2 fully saturated rings. The smallest absolute Gasteiger partial charge is 0.342 e. The zero-order valence-corrected chi connectivity index (χ0v) is 55.1. The number of esters is 8. The number of hydrogen-bond donors (Lipinski definition) is 25. The standard InChI is InChI=1S/C68H52O44/c69-24-1-16(2-25(70)41(24)81)59(94)102-15-38-55(107-60(95)17-3-26(71)42(82)27(72)4-17)57(109-61(96)18-5-28(73)43(83)29(74)6-18)58(68(106-38)112-63(98)20-9-32(77)45(85)33(78)10-20)110-66(101)23-12-35(80)47(87)52(92)54(23)104-36-13-22-40(51(91)48(36)88)39-21(11-34(79)46(86)50(39)90)65(100)108-56-49(89)37(14-103-64(22)99)105-67(53(56)93)111-62(97)19-7-30(75)44(84)31(76)8-19/h1-13,37-38,49,53,55-58,67-93H,14-15H2/t37-,38-,49-,53+,55+,56-,57+,58-,67-,68+/m1/s1. The van der Waals surface area contributed by atoms with Crippen LogP contribution in [-0.2, 0) is 47.4 Å². The minimum atomic E-state index is -3.04. The van der Waals surface area contributed by atoms with Crippen LogP contribution in [0.25, 0.3) is 11.1 Å². The van der Waals surface area contributed by atoms with Crippen LogP contribution in [0.1, 0.15) is 82.9 Å². The predicted octanol–water partition coefficient (Wildman–Crippen LogP) is 1.79. The lowest BCUT2D eigenvalue weighted by atomic mass is 9.91. The van der Waals surface area contributed by atoms with E-state index in [1.807, 2.05) is 0 Å². The largest absolute Gasteiger partial charge is 0.504 e. The second kappa shape index (κ2) is 29.7. The first kappa shape index (κ1) is 77.7. The Morgan fingerprint density at radius 1 is 0.348 bits per heavy atom. The zero-order chi connectivity index (χ0) is 82.0. The molecule has 0 spiro atoms. The van der Waals surface area contributed by atoms with Gasteiger partial charge in [0.25, 0.3) is 0 Å². The van der Waals surface area contributed by atoms with Gasteiger partial charge in [-0.15, -0.1) is 0 Å². The van der Waals surface area contributed by atoms with Crippen molar-refractivity contribution in [1.29, 1.82) is 0 Å². The summed E-state index contributed by atoms with van der Waals surface area (Å²) in [5.41, 5.74) is -11.5. The van der Waals surface area contributed by atoms with E-state index in [-0.39, 0.29) is 18.2 Å². The number of aromatic hydroxyl groups is 23. The van der Waals surface area contributed by atoms with Gasteiger partial charge in [0.2, 0.25) is 41.7 Å². The van der Waals surface area contributed by atoms with E-state index in [1.54, 1.807) is 0 Å². The van der Waals surface area contributed by atoms with Crippen LogP contribution in [0.2, 0.25) is 0 Å². The summed E-state index contributed by atoms with van der Waals surface area (Å²) in [6, 6.07) is 5.20. The molecule has 0 unspecified atom stereocenters. The number of hydrogen-bond acceptors (Lipinski definition) is 44. The molecule has 8 aromatic rings. The van der Waals surface area contributed by atoms with E-state index < -0.39 is 322 Å². The first-order chi connectivity index (χ1) is 52.6. The molecule has 3 aliphatic heterocycles. The number of aliphatic hydroxyl groups excluding tert-OH is 2. The number of fused-ring (bicyclic) bond motifs is 5. The lowest BCUT2D eigenvalue weighted by molar-refractivity contribution is -0.284. The van der Waals surface area contributed by atoms with Crippen molar-refractivity contribution in [2.24, 2.45) is 0 Å². The minimum absolute atomic E-state index is 0.113. The van der Waals surface area contributed by atoms with Gasteiger partial charge in [-0.05, 0) is 66.7 Å². The molecule has 2 bridgehead atoms. The van der Waals surface area contributed by atoms with Crippen LogP contribution in [0.4, 0.5) is 0 Å². The van der Waals surface area contributed by atoms with Gasteiger partial charge < -0.3 is 180 Å². The molecule has 8 aromatic carbocycles. The molecule has 0 aromatic heterocycles. The molecule has 2 saturated heterocycles. The van der Waals surface area contributed by atoms with Gasteiger partial charge in [0.15, 0.2) is 145 Å². The Bertz CT molecular complexity index is 5160. The third-order valence-corrected chi connectivity index (χ3v) is 16.8. The van der Waals surface area contributed by atoms with Crippen LogP contribution in [0.5, 0.6) is 144 Å². The summed E-state index contributed by atoms with van der Waals surface area (Å²) >= 11 is 0. The summed E-state index contributed by atoms with van der Waals surface area (Å²) in [6.45, 7) is -2.86. The van der Waals surface area contributed by atoms with Crippen molar-refractivity contribution in [2.45, 2.75) is 61.4 Å². The highest BCUT2D eigenvalue weighted by Crippen LogP contribution is 2.56. The van der Waals surface area contributed by atoms with Crippen molar-refractivity contribution in [1.82, 2.24) is 0 Å². The van der Waals surface area contributed by atoms with Crippen molar-refractivity contribution in [2.75, 3.05) is 13.2 Å². The van der Waals surface area contributed by atoms with Crippen LogP contribution in [0.15, 0.2) is 78.9 Å².